The quantitative estimate of drug-likeness (QED) is 0.855. The fourth-order valence-electron chi connectivity index (χ4n) is 3.17. The highest BCUT2D eigenvalue weighted by atomic mass is 35.5. The fourth-order valence-corrected chi connectivity index (χ4v) is 4.95. The van der Waals surface area contributed by atoms with Gasteiger partial charge in [-0.15, -0.1) is 0 Å². The molecule has 0 aliphatic carbocycles. The van der Waals surface area contributed by atoms with Gasteiger partial charge in [-0.1, -0.05) is 11.6 Å². The summed E-state index contributed by atoms with van der Waals surface area (Å²) in [6, 6.07) is 5.36. The maximum atomic E-state index is 12.8. The lowest BCUT2D eigenvalue weighted by atomic mass is 10.2. The smallest absolute Gasteiger partial charge is 0.243 e. The molecule has 0 radical (unpaired) electrons. The molecule has 1 N–H and O–H groups in total. The summed E-state index contributed by atoms with van der Waals surface area (Å²) in [5.74, 6) is -0.250. The van der Waals surface area contributed by atoms with Crippen LogP contribution in [0.1, 0.15) is 25.7 Å². The Hall–Kier alpha value is -1.15. The predicted molar refractivity (Wildman–Crippen MR) is 90.3 cm³/mol. The first kappa shape index (κ1) is 17.7. The molecule has 1 amide bonds. The number of halogens is 1. The standard InChI is InChI=1S/C16H21ClN2O4S/c17-12-5-7-14(8-6-12)24(21,22)19-9-1-4-15(19)16(20)18-11-13-3-2-10-23-13/h5-8,13,15H,1-4,9-11H2,(H,18,20)/t13-,15+/m1/s1. The minimum atomic E-state index is -3.70. The van der Waals surface area contributed by atoms with Gasteiger partial charge < -0.3 is 10.1 Å². The minimum Gasteiger partial charge on any atom is -0.376 e. The largest absolute Gasteiger partial charge is 0.376 e. The molecule has 0 saturated carbocycles. The van der Waals surface area contributed by atoms with Crippen LogP contribution in [-0.2, 0) is 19.6 Å². The SMILES string of the molecule is O=C(NC[C@H]1CCCO1)[C@@H]1CCCN1S(=O)(=O)c1ccc(Cl)cc1. The average Bonchev–Trinajstić information content (AvgIpc) is 3.24. The first-order valence-corrected chi connectivity index (χ1v) is 9.97. The molecule has 2 atom stereocenters. The van der Waals surface area contributed by atoms with Crippen molar-refractivity contribution < 1.29 is 17.9 Å². The first-order chi connectivity index (χ1) is 11.5. The number of sulfonamides is 1. The molecule has 2 fully saturated rings. The summed E-state index contributed by atoms with van der Waals surface area (Å²) in [5, 5.41) is 3.31. The topological polar surface area (TPSA) is 75.7 Å². The van der Waals surface area contributed by atoms with Crippen LogP contribution < -0.4 is 5.32 Å². The molecule has 0 spiro atoms. The number of carbonyl (C=O) groups excluding carboxylic acids is 1. The Morgan fingerprint density at radius 3 is 2.67 bits per heavy atom. The lowest BCUT2D eigenvalue weighted by Crippen LogP contribution is -2.47. The van der Waals surface area contributed by atoms with Gasteiger partial charge in [0.05, 0.1) is 11.0 Å². The van der Waals surface area contributed by atoms with Crippen molar-refractivity contribution in [2.75, 3.05) is 19.7 Å². The Morgan fingerprint density at radius 1 is 1.25 bits per heavy atom. The molecule has 2 aliphatic heterocycles. The Bertz CT molecular complexity index is 687. The van der Waals surface area contributed by atoms with E-state index in [0.717, 1.165) is 19.4 Å². The minimum absolute atomic E-state index is 0.0386. The van der Waals surface area contributed by atoms with Crippen LogP contribution in [0.4, 0.5) is 0 Å². The van der Waals surface area contributed by atoms with Gasteiger partial charge in [0, 0.05) is 24.7 Å². The zero-order valence-corrected chi connectivity index (χ0v) is 14.9. The Balaban J connectivity index is 1.69. The van der Waals surface area contributed by atoms with Crippen molar-refractivity contribution in [3.63, 3.8) is 0 Å². The fraction of sp³-hybridized carbons (Fsp3) is 0.562. The van der Waals surface area contributed by atoms with E-state index in [4.69, 9.17) is 16.3 Å². The lowest BCUT2D eigenvalue weighted by Gasteiger charge is -2.24. The van der Waals surface area contributed by atoms with E-state index in [-0.39, 0.29) is 16.9 Å². The third-order valence-electron chi connectivity index (χ3n) is 4.45. The molecule has 2 saturated heterocycles. The lowest BCUT2D eigenvalue weighted by molar-refractivity contribution is -0.124. The molecular weight excluding hydrogens is 352 g/mol. The predicted octanol–water partition coefficient (Wildman–Crippen LogP) is 1.79. The molecule has 132 valence electrons. The van der Waals surface area contributed by atoms with Gasteiger partial charge in [0.25, 0.3) is 0 Å². The van der Waals surface area contributed by atoms with Crippen molar-refractivity contribution in [2.45, 2.75) is 42.7 Å². The first-order valence-electron chi connectivity index (χ1n) is 8.15. The number of rotatable bonds is 5. The Morgan fingerprint density at radius 2 is 2.00 bits per heavy atom. The molecule has 24 heavy (non-hydrogen) atoms. The van der Waals surface area contributed by atoms with E-state index in [2.05, 4.69) is 5.32 Å². The Kier molecular flexibility index (Phi) is 5.44. The summed E-state index contributed by atoms with van der Waals surface area (Å²) in [6.45, 7) is 1.51. The second kappa shape index (κ2) is 7.39. The summed E-state index contributed by atoms with van der Waals surface area (Å²) < 4.78 is 32.4. The number of benzene rings is 1. The Labute approximate surface area is 147 Å². The summed E-state index contributed by atoms with van der Waals surface area (Å²) in [5.41, 5.74) is 0. The van der Waals surface area contributed by atoms with E-state index < -0.39 is 16.1 Å². The van der Waals surface area contributed by atoms with E-state index in [1.165, 1.54) is 28.6 Å². The average molecular weight is 373 g/mol. The van der Waals surface area contributed by atoms with Crippen molar-refractivity contribution >= 4 is 27.5 Å². The molecular formula is C16H21ClN2O4S. The number of nitrogens with one attached hydrogen (secondary N) is 1. The van der Waals surface area contributed by atoms with Crippen molar-refractivity contribution in [1.29, 1.82) is 0 Å². The normalized spacial score (nSPS) is 25.0. The second-order valence-electron chi connectivity index (χ2n) is 6.11. The summed E-state index contributed by atoms with van der Waals surface area (Å²) in [7, 11) is -3.70. The van der Waals surface area contributed by atoms with Crippen LogP contribution in [0.5, 0.6) is 0 Å². The second-order valence-corrected chi connectivity index (χ2v) is 8.43. The van der Waals surface area contributed by atoms with E-state index >= 15 is 0 Å². The molecule has 3 rings (SSSR count). The van der Waals surface area contributed by atoms with Gasteiger partial charge in [-0.25, -0.2) is 8.42 Å². The highest BCUT2D eigenvalue weighted by Gasteiger charge is 2.39. The van der Waals surface area contributed by atoms with Crippen LogP contribution in [0.2, 0.25) is 5.02 Å². The van der Waals surface area contributed by atoms with Gasteiger partial charge in [0.1, 0.15) is 6.04 Å². The van der Waals surface area contributed by atoms with Crippen molar-refractivity contribution in [3.8, 4) is 0 Å². The molecule has 0 aromatic heterocycles. The van der Waals surface area contributed by atoms with Crippen LogP contribution in [-0.4, -0.2) is 50.5 Å². The zero-order chi connectivity index (χ0) is 17.2. The third-order valence-corrected chi connectivity index (χ3v) is 6.63. The molecule has 1 aromatic rings. The van der Waals surface area contributed by atoms with Crippen LogP contribution in [0, 0.1) is 0 Å². The number of amides is 1. The molecule has 6 nitrogen and oxygen atoms in total. The van der Waals surface area contributed by atoms with Crippen molar-refractivity contribution in [2.24, 2.45) is 0 Å². The van der Waals surface area contributed by atoms with E-state index in [9.17, 15) is 13.2 Å². The van der Waals surface area contributed by atoms with E-state index in [1.807, 2.05) is 0 Å². The van der Waals surface area contributed by atoms with Gasteiger partial charge in [0.15, 0.2) is 0 Å². The summed E-state index contributed by atoms with van der Waals surface area (Å²) >= 11 is 5.82. The number of hydrogen-bond donors (Lipinski definition) is 1. The van der Waals surface area contributed by atoms with Crippen molar-refractivity contribution in [1.82, 2.24) is 9.62 Å². The summed E-state index contributed by atoms with van der Waals surface area (Å²) in [6.07, 6.45) is 3.17. The monoisotopic (exact) mass is 372 g/mol. The number of ether oxygens (including phenoxy) is 1. The highest BCUT2D eigenvalue weighted by molar-refractivity contribution is 7.89. The van der Waals surface area contributed by atoms with Crippen LogP contribution in [0.15, 0.2) is 29.2 Å². The number of hydrogen-bond acceptors (Lipinski definition) is 4. The number of nitrogens with zero attached hydrogens (tertiary/aromatic N) is 1. The van der Waals surface area contributed by atoms with Gasteiger partial charge in [-0.05, 0) is 49.9 Å². The maximum absolute atomic E-state index is 12.8. The third kappa shape index (κ3) is 3.74. The van der Waals surface area contributed by atoms with Crippen molar-refractivity contribution in [3.05, 3.63) is 29.3 Å². The van der Waals surface area contributed by atoms with Crippen LogP contribution >= 0.6 is 11.6 Å². The van der Waals surface area contributed by atoms with Gasteiger partial charge in [-0.2, -0.15) is 4.31 Å². The van der Waals surface area contributed by atoms with Crippen LogP contribution in [0.3, 0.4) is 0 Å². The highest BCUT2D eigenvalue weighted by Crippen LogP contribution is 2.27. The maximum Gasteiger partial charge on any atom is 0.243 e. The van der Waals surface area contributed by atoms with Crippen LogP contribution in [0.25, 0.3) is 0 Å². The molecule has 0 bridgehead atoms. The van der Waals surface area contributed by atoms with E-state index in [0.29, 0.717) is 31.0 Å². The molecule has 1 aromatic carbocycles. The number of carbonyl (C=O) groups is 1. The summed E-state index contributed by atoms with van der Waals surface area (Å²) in [4.78, 5) is 12.6. The van der Waals surface area contributed by atoms with Gasteiger partial charge in [-0.3, -0.25) is 4.79 Å². The molecule has 2 heterocycles. The van der Waals surface area contributed by atoms with Gasteiger partial charge >= 0.3 is 0 Å². The van der Waals surface area contributed by atoms with Gasteiger partial charge in [0.2, 0.25) is 15.9 Å². The zero-order valence-electron chi connectivity index (χ0n) is 13.3. The molecule has 0 unspecified atom stereocenters. The molecule has 8 heteroatoms. The van der Waals surface area contributed by atoms with E-state index in [1.54, 1.807) is 0 Å². The molecule has 2 aliphatic rings.